The molecule has 0 fully saturated rings. The Morgan fingerprint density at radius 2 is 0.566 bits per heavy atom. The van der Waals surface area contributed by atoms with Crippen LogP contribution in [0.5, 0.6) is 0 Å². The molecule has 12 amide bonds. The van der Waals surface area contributed by atoms with Crippen molar-refractivity contribution >= 4 is 143 Å². The summed E-state index contributed by atoms with van der Waals surface area (Å²) in [7, 11) is 0. The molecule has 0 aliphatic heterocycles. The molecule has 0 aliphatic carbocycles. The number of nitrogens with two attached hydrogens (primary N) is 7. The third kappa shape index (κ3) is 49.7. The smallest absolute Gasteiger partial charge is 0.233 e. The van der Waals surface area contributed by atoms with E-state index >= 15 is 0 Å². The van der Waals surface area contributed by atoms with Crippen molar-refractivity contribution in [2.45, 2.75) is 77.0 Å². The number of carbonyl (C=O) groups is 12. The van der Waals surface area contributed by atoms with Gasteiger partial charge in [-0.3, -0.25) is 57.5 Å². The first-order valence-corrected chi connectivity index (χ1v) is 45.4. The second-order valence-corrected chi connectivity index (χ2v) is 31.3. The molecule has 2 heterocycles. The molecule has 45 nitrogen and oxygen atoms in total. The zero-order valence-corrected chi connectivity index (χ0v) is 75.8. The molecule has 0 saturated carbocycles. The Morgan fingerprint density at radius 1 is 0.287 bits per heavy atom. The summed E-state index contributed by atoms with van der Waals surface area (Å²) in [5, 5.41) is 51.4. The van der Waals surface area contributed by atoms with E-state index in [9.17, 15) is 57.5 Å². The monoisotopic (exact) mass is 1840 g/mol. The van der Waals surface area contributed by atoms with Gasteiger partial charge in [-0.05, 0) is 35.9 Å². The van der Waals surface area contributed by atoms with Crippen LogP contribution in [-0.4, -0.2) is 369 Å². The molecular weight excluding hydrogens is 1710 g/mol. The van der Waals surface area contributed by atoms with Gasteiger partial charge in [0.05, 0.1) is 15.9 Å². The van der Waals surface area contributed by atoms with Crippen molar-refractivity contribution in [1.82, 2.24) is 113 Å². The van der Waals surface area contributed by atoms with Gasteiger partial charge in [0.15, 0.2) is 0 Å². The topological polar surface area (TPSA) is 651 Å². The zero-order chi connectivity index (χ0) is 93.4. The standard InChI is InChI=1S/C82H138ClN33O12S/c83-79-106-80(108-81(107-79)104-63-9-10-64(62-6-2-1-5-61(62)63)109-110-82-105-65-7-3-4-8-66(65)129-82)103-38-37-98-74(124)18-50-114(49-17-73(123)97-36-29-90)58-42-102-78(128)22-54-116(53-21-77(127)101-41-57-113(47-15-71(121)95-34-27-88)48-16-72(122)96-35-28-89)60-59-115(51-19-75(125)99-39-55-111(43-11-67(117)91-30-23-84)44-12-68(118)92-31-24-85)52-20-76(126)100-40-56-112(45-13-69(119)93-32-25-86)46-14-70(120)94-33-26-87/h1-10H,11-60,84-90H2,(H,91,117)(H,92,118)(H,93,119)(H,94,120)(H,95,121)(H,96,122)(H,97,123)(H,98,124)(H,99,125)(H,100,126)(H,101,127)(H,102,128)(H2,103,104,106,107,108). The normalized spacial score (nSPS) is 11.4. The van der Waals surface area contributed by atoms with Crippen LogP contribution in [0.15, 0.2) is 70.9 Å². The number of azo groups is 1. The van der Waals surface area contributed by atoms with Crippen LogP contribution in [0.2, 0.25) is 5.28 Å². The van der Waals surface area contributed by atoms with E-state index in [1.54, 1.807) is 0 Å². The van der Waals surface area contributed by atoms with Gasteiger partial charge in [-0.25, -0.2) is 4.98 Å². The Bertz CT molecular complexity index is 4060. The predicted molar refractivity (Wildman–Crippen MR) is 498 cm³/mol. The van der Waals surface area contributed by atoms with Gasteiger partial charge < -0.3 is 144 Å². The average Bonchev–Trinajstić information content (AvgIpc) is 1.23. The number of rotatable bonds is 73. The molecule has 0 saturated heterocycles. The van der Waals surface area contributed by atoms with Crippen LogP contribution in [0.25, 0.3) is 21.0 Å². The Morgan fingerprint density at radius 3 is 0.884 bits per heavy atom. The van der Waals surface area contributed by atoms with Gasteiger partial charge in [0.2, 0.25) is 93.2 Å². The van der Waals surface area contributed by atoms with Gasteiger partial charge in [-0.1, -0.05) is 47.7 Å². The van der Waals surface area contributed by atoms with E-state index < -0.39 is 0 Å². The molecule has 0 atom stereocenters. The van der Waals surface area contributed by atoms with E-state index in [1.807, 2.05) is 90.1 Å². The van der Waals surface area contributed by atoms with Crippen LogP contribution in [-0.2, 0) is 57.5 Å². The molecule has 129 heavy (non-hydrogen) atoms. The van der Waals surface area contributed by atoms with E-state index in [2.05, 4.69) is 105 Å². The number of aromatic nitrogens is 4. The maximum Gasteiger partial charge on any atom is 0.233 e. The van der Waals surface area contributed by atoms with E-state index in [0.29, 0.717) is 102 Å². The van der Waals surface area contributed by atoms with Crippen LogP contribution in [0.3, 0.4) is 0 Å². The molecule has 0 spiro atoms. The molecule has 0 aliphatic rings. The third-order valence-electron chi connectivity index (χ3n) is 19.9. The quantitative estimate of drug-likeness (QED) is 0.0129. The van der Waals surface area contributed by atoms with Crippen molar-refractivity contribution in [3.05, 3.63) is 65.9 Å². The molecular formula is C82H138ClN33O12S. The summed E-state index contributed by atoms with van der Waals surface area (Å²) in [6, 6.07) is 19.1. The number of anilines is 3. The number of hydrogen-bond donors (Lipinski definition) is 21. The zero-order valence-electron chi connectivity index (χ0n) is 74.2. The number of fused-ring (bicyclic) bond motifs is 2. The summed E-state index contributed by atoms with van der Waals surface area (Å²) in [6.07, 6.45) is 0.736. The molecule has 2 aromatic heterocycles. The lowest BCUT2D eigenvalue weighted by Gasteiger charge is -2.28. The summed E-state index contributed by atoms with van der Waals surface area (Å²) < 4.78 is 1.00. The molecule has 0 unspecified atom stereocenters. The van der Waals surface area contributed by atoms with Crippen molar-refractivity contribution in [1.29, 1.82) is 0 Å². The average molecular weight is 1850 g/mol. The number of carbonyl (C=O) groups excluding carboxylic acids is 12. The van der Waals surface area contributed by atoms with E-state index in [1.165, 1.54) is 11.3 Å². The number of thiazole rings is 1. The van der Waals surface area contributed by atoms with Crippen molar-refractivity contribution in [2.24, 2.45) is 50.4 Å². The fourth-order valence-electron chi connectivity index (χ4n) is 12.8. The molecule has 47 heteroatoms. The Labute approximate surface area is 762 Å². The highest BCUT2D eigenvalue weighted by Crippen LogP contribution is 2.35. The Hall–Kier alpha value is -10.6. The number of para-hydroxylation sites is 1. The van der Waals surface area contributed by atoms with Gasteiger partial charge in [0.25, 0.3) is 0 Å². The molecule has 716 valence electrons. The summed E-state index contributed by atoms with van der Waals surface area (Å²) in [4.78, 5) is 187. The number of amides is 12. The minimum atomic E-state index is -0.341. The Kier molecular flexibility index (Phi) is 56.4. The minimum absolute atomic E-state index is 0.0211. The fraction of sp³-hybridized carbons (Fsp3) is 0.610. The number of nitrogens with one attached hydrogen (secondary N) is 14. The summed E-state index contributed by atoms with van der Waals surface area (Å²) in [5.74, 6) is -2.86. The molecule has 3 aromatic carbocycles. The maximum atomic E-state index is 14.0. The molecule has 5 aromatic rings. The highest BCUT2D eigenvalue weighted by molar-refractivity contribution is 7.21. The lowest BCUT2D eigenvalue weighted by Crippen LogP contribution is -2.43. The lowest BCUT2D eigenvalue weighted by atomic mass is 10.1. The maximum absolute atomic E-state index is 14.0. The highest BCUT2D eigenvalue weighted by atomic mass is 35.5. The van der Waals surface area contributed by atoms with E-state index in [0.717, 1.165) is 21.0 Å². The SMILES string of the molecule is NCCNC(=O)CCN(CCNC(=O)CCN(CCC(=O)NCCN(CCC(=O)NCCN)CCC(=O)NCCN)CCN(CCC(=O)NCCN(CCC(=O)NCCN)CCC(=O)NCCN)CCC(=O)NCCN(CCC(=O)NCCN)CCC(=O)NCCNc1nc(Cl)nc(Nc2ccc(N=Nc3nc4ccccc4s3)c3ccccc23)n1)CCC(=O)NCCN. The van der Waals surface area contributed by atoms with Gasteiger partial charge in [-0.2, -0.15) is 15.0 Å². The first kappa shape index (κ1) is 109. The minimum Gasteiger partial charge on any atom is -0.355 e. The second-order valence-electron chi connectivity index (χ2n) is 29.9. The van der Waals surface area contributed by atoms with Crippen LogP contribution in [0.1, 0.15) is 77.0 Å². The van der Waals surface area contributed by atoms with Crippen molar-refractivity contribution < 1.29 is 57.5 Å². The van der Waals surface area contributed by atoms with Gasteiger partial charge in [0, 0.05) is 342 Å². The molecule has 5 rings (SSSR count). The highest BCUT2D eigenvalue weighted by Gasteiger charge is 2.22. The van der Waals surface area contributed by atoms with Crippen LogP contribution in [0.4, 0.5) is 28.4 Å². The number of hydrogen-bond acceptors (Lipinski definition) is 34. The largest absolute Gasteiger partial charge is 0.355 e. The van der Waals surface area contributed by atoms with Gasteiger partial charge in [0.1, 0.15) is 0 Å². The summed E-state index contributed by atoms with van der Waals surface area (Å²) in [5.41, 5.74) is 41.4. The molecule has 28 N–H and O–H groups in total. The fourth-order valence-corrected chi connectivity index (χ4v) is 13.8. The van der Waals surface area contributed by atoms with Crippen LogP contribution < -0.4 is 115 Å². The van der Waals surface area contributed by atoms with Crippen LogP contribution >= 0.6 is 22.9 Å². The molecule has 0 radical (unpaired) electrons. The first-order chi connectivity index (χ1) is 62.5. The van der Waals surface area contributed by atoms with Crippen molar-refractivity contribution in [2.75, 3.05) is 259 Å². The van der Waals surface area contributed by atoms with Gasteiger partial charge in [-0.15, -0.1) is 10.2 Å². The number of benzene rings is 3. The molecule has 0 bridgehead atoms. The predicted octanol–water partition coefficient (Wildman–Crippen LogP) is -4.54. The third-order valence-corrected chi connectivity index (χ3v) is 21.0. The first-order valence-electron chi connectivity index (χ1n) is 44.2. The summed E-state index contributed by atoms with van der Waals surface area (Å²) >= 11 is 7.86. The van der Waals surface area contributed by atoms with E-state index in [-0.39, 0.29) is 329 Å². The van der Waals surface area contributed by atoms with E-state index in [4.69, 9.17) is 51.7 Å². The number of nitrogens with zero attached hydrogens (tertiary/aromatic N) is 12. The van der Waals surface area contributed by atoms with Crippen LogP contribution in [0, 0.1) is 0 Å². The van der Waals surface area contributed by atoms with Crippen molar-refractivity contribution in [3.8, 4) is 0 Å². The Balaban J connectivity index is 1.28. The van der Waals surface area contributed by atoms with Crippen molar-refractivity contribution in [3.63, 3.8) is 0 Å². The second kappa shape index (κ2) is 66.7. The lowest BCUT2D eigenvalue weighted by molar-refractivity contribution is -0.123. The summed E-state index contributed by atoms with van der Waals surface area (Å²) in [6.45, 7) is 9.33. The van der Waals surface area contributed by atoms with Gasteiger partial charge >= 0.3 is 0 Å². The number of halogens is 1.